The second-order valence-corrected chi connectivity index (χ2v) is 21.8. The van der Waals surface area contributed by atoms with Crippen LogP contribution in [0.3, 0.4) is 0 Å². The molecule has 0 saturated carbocycles. The van der Waals surface area contributed by atoms with Crippen LogP contribution in [0.15, 0.2) is 181 Å². The molecule has 0 aliphatic carbocycles. The standard InChI is InChI=1S/C51H54O7SSi/c1-51(2,3)60(42-26-16-8-17-27-42,43-28-18-9-19-29-43)55-36-44-45-47(57-49(56-44)39-30-32-40(52-4)33-31-39)46(53-34-37-20-10-5-11-21-37)48(54-35-38-22-12-6-13-23-38)50(58-45)59-41-24-14-7-15-25-41/h5-33,44-50H,34-36H2,1-4H3/t44-,45-,46+,47-,48+,49?,50-/m1/s1. The fourth-order valence-electron chi connectivity index (χ4n) is 8.35. The van der Waals surface area contributed by atoms with Crippen molar-refractivity contribution >= 4 is 30.5 Å². The van der Waals surface area contributed by atoms with Crippen molar-refractivity contribution in [1.29, 1.82) is 0 Å². The summed E-state index contributed by atoms with van der Waals surface area (Å²) in [4.78, 5) is 1.06. The smallest absolute Gasteiger partial charge is 0.261 e. The van der Waals surface area contributed by atoms with Crippen LogP contribution in [0, 0.1) is 0 Å². The molecule has 2 fully saturated rings. The van der Waals surface area contributed by atoms with E-state index in [-0.39, 0.29) is 11.6 Å². The number of methoxy groups -OCH3 is 1. The second-order valence-electron chi connectivity index (χ2n) is 16.3. The average Bonchev–Trinajstić information content (AvgIpc) is 3.29. The quantitative estimate of drug-likeness (QED) is 0.0949. The van der Waals surface area contributed by atoms with E-state index in [0.29, 0.717) is 13.2 Å². The number of benzene rings is 6. The third kappa shape index (κ3) is 9.49. The zero-order chi connectivity index (χ0) is 41.4. The number of thioether (sulfide) groups is 1. The molecule has 2 aliphatic heterocycles. The molecule has 8 rings (SSSR count). The molecule has 0 amide bonds. The molecular weight excluding hydrogens is 785 g/mol. The Morgan fingerprint density at radius 1 is 0.550 bits per heavy atom. The highest BCUT2D eigenvalue weighted by atomic mass is 32.2. The lowest BCUT2D eigenvalue weighted by molar-refractivity contribution is -0.353. The molecule has 7 nitrogen and oxygen atoms in total. The average molecular weight is 839 g/mol. The molecule has 1 unspecified atom stereocenters. The fraction of sp³-hybridized carbons (Fsp3) is 0.294. The van der Waals surface area contributed by atoms with Crippen LogP contribution in [0.5, 0.6) is 5.75 Å². The molecule has 0 bridgehead atoms. The Hall–Kier alpha value is -4.55. The van der Waals surface area contributed by atoms with E-state index in [1.54, 1.807) is 18.9 Å². The molecule has 0 spiro atoms. The van der Waals surface area contributed by atoms with E-state index < -0.39 is 50.6 Å². The van der Waals surface area contributed by atoms with Gasteiger partial charge in [0.25, 0.3) is 8.32 Å². The molecule has 310 valence electrons. The lowest BCUT2D eigenvalue weighted by atomic mass is 9.94. The van der Waals surface area contributed by atoms with Crippen molar-refractivity contribution < 1.29 is 32.8 Å². The molecule has 9 heteroatoms. The predicted octanol–water partition coefficient (Wildman–Crippen LogP) is 9.74. The first-order chi connectivity index (χ1) is 29.3. The summed E-state index contributed by atoms with van der Waals surface area (Å²) in [6.07, 6.45) is -3.52. The van der Waals surface area contributed by atoms with Crippen molar-refractivity contribution in [1.82, 2.24) is 0 Å². The Morgan fingerprint density at radius 3 is 1.57 bits per heavy atom. The molecule has 7 atom stereocenters. The maximum Gasteiger partial charge on any atom is 0.261 e. The summed E-state index contributed by atoms with van der Waals surface area (Å²) < 4.78 is 48.6. The molecule has 0 aromatic heterocycles. The SMILES string of the molecule is COc1ccc(C2O[C@H]3[C@H](OCc4ccccc4)[C@H](OCc4ccccc4)[C@@H](Sc4ccccc4)O[C@@H]3[C@@H](CO[Si](c3ccccc3)(c3ccccc3)C(C)(C)C)O2)cc1. The van der Waals surface area contributed by atoms with Crippen LogP contribution >= 0.6 is 11.8 Å². The van der Waals surface area contributed by atoms with Gasteiger partial charge in [-0.25, -0.2) is 0 Å². The number of rotatable bonds is 15. The summed E-state index contributed by atoms with van der Waals surface area (Å²) in [5.74, 6) is 0.749. The van der Waals surface area contributed by atoms with Gasteiger partial charge < -0.3 is 32.8 Å². The van der Waals surface area contributed by atoms with Gasteiger partial charge in [-0.3, -0.25) is 0 Å². The first-order valence-corrected chi connectivity index (χ1v) is 23.5. The van der Waals surface area contributed by atoms with Crippen molar-refractivity contribution in [3.63, 3.8) is 0 Å². The van der Waals surface area contributed by atoms with Crippen LogP contribution in [0.25, 0.3) is 0 Å². The molecule has 2 aliphatic rings. The van der Waals surface area contributed by atoms with E-state index in [4.69, 9.17) is 32.8 Å². The first kappa shape index (κ1) is 42.2. The monoisotopic (exact) mass is 838 g/mol. The zero-order valence-electron chi connectivity index (χ0n) is 34.7. The summed E-state index contributed by atoms with van der Waals surface area (Å²) in [6, 6.07) is 60.1. The maximum atomic E-state index is 7.61. The van der Waals surface area contributed by atoms with Crippen LogP contribution < -0.4 is 15.1 Å². The summed E-state index contributed by atoms with van der Waals surface area (Å²) in [5, 5.41) is 2.14. The molecule has 0 N–H and O–H groups in total. The van der Waals surface area contributed by atoms with Crippen molar-refractivity contribution in [2.45, 2.75) is 86.2 Å². The second kappa shape index (κ2) is 19.4. The van der Waals surface area contributed by atoms with E-state index in [9.17, 15) is 0 Å². The van der Waals surface area contributed by atoms with E-state index in [1.807, 2.05) is 78.9 Å². The van der Waals surface area contributed by atoms with Gasteiger partial charge in [0.15, 0.2) is 6.29 Å². The number of hydrogen-bond donors (Lipinski definition) is 0. The Balaban J connectivity index is 1.21. The first-order valence-electron chi connectivity index (χ1n) is 20.7. The topological polar surface area (TPSA) is 64.6 Å². The van der Waals surface area contributed by atoms with Crippen LogP contribution in [-0.4, -0.2) is 58.0 Å². The van der Waals surface area contributed by atoms with Crippen molar-refractivity contribution in [2.24, 2.45) is 0 Å². The molecule has 2 saturated heterocycles. The van der Waals surface area contributed by atoms with Gasteiger partial charge in [0.2, 0.25) is 0 Å². The number of ether oxygens (including phenoxy) is 6. The third-order valence-electron chi connectivity index (χ3n) is 11.3. The molecule has 60 heavy (non-hydrogen) atoms. The lowest BCUT2D eigenvalue weighted by Gasteiger charge is -2.52. The Morgan fingerprint density at radius 2 is 1.05 bits per heavy atom. The van der Waals surface area contributed by atoms with Crippen molar-refractivity contribution in [3.05, 3.63) is 193 Å². The van der Waals surface area contributed by atoms with Gasteiger partial charge in [-0.05, 0) is 50.8 Å². The molecule has 6 aromatic carbocycles. The minimum Gasteiger partial charge on any atom is -0.497 e. The minimum absolute atomic E-state index is 0.244. The normalized spacial score (nSPS) is 23.1. The lowest BCUT2D eigenvalue weighted by Crippen LogP contribution is -2.69. The van der Waals surface area contributed by atoms with Crippen LogP contribution in [-0.2, 0) is 41.3 Å². The highest BCUT2D eigenvalue weighted by molar-refractivity contribution is 7.99. The van der Waals surface area contributed by atoms with Gasteiger partial charge in [0.05, 0.1) is 26.9 Å². The highest BCUT2D eigenvalue weighted by Gasteiger charge is 2.57. The molecule has 6 aromatic rings. The molecule has 2 heterocycles. The zero-order valence-corrected chi connectivity index (χ0v) is 36.5. The third-order valence-corrected chi connectivity index (χ3v) is 17.5. The summed E-state index contributed by atoms with van der Waals surface area (Å²) in [5.41, 5.74) is 2.50. The number of fused-ring (bicyclic) bond motifs is 1. The maximum absolute atomic E-state index is 7.61. The van der Waals surface area contributed by atoms with Gasteiger partial charge in [0.1, 0.15) is 41.7 Å². The largest absolute Gasteiger partial charge is 0.497 e. The Bertz CT molecular complexity index is 2150. The molecule has 0 radical (unpaired) electrons. The van der Waals surface area contributed by atoms with Crippen LogP contribution in [0.4, 0.5) is 0 Å². The van der Waals surface area contributed by atoms with Gasteiger partial charge in [0, 0.05) is 10.5 Å². The molecular formula is C51H54O7SSi. The fourth-order valence-corrected chi connectivity index (χ4v) is 14.1. The summed E-state index contributed by atoms with van der Waals surface area (Å²) >= 11 is 1.63. The van der Waals surface area contributed by atoms with Gasteiger partial charge >= 0.3 is 0 Å². The minimum atomic E-state index is -2.98. The van der Waals surface area contributed by atoms with Crippen molar-refractivity contribution in [2.75, 3.05) is 13.7 Å². The Labute approximate surface area is 360 Å². The Kier molecular flexibility index (Phi) is 13.7. The van der Waals surface area contributed by atoms with Gasteiger partial charge in [-0.15, -0.1) is 0 Å². The predicted molar refractivity (Wildman–Crippen MR) is 240 cm³/mol. The van der Waals surface area contributed by atoms with E-state index in [1.165, 1.54) is 10.4 Å². The van der Waals surface area contributed by atoms with E-state index in [0.717, 1.165) is 27.3 Å². The van der Waals surface area contributed by atoms with Gasteiger partial charge in [-0.2, -0.15) is 0 Å². The van der Waals surface area contributed by atoms with E-state index >= 15 is 0 Å². The van der Waals surface area contributed by atoms with E-state index in [2.05, 4.69) is 118 Å². The number of hydrogen-bond acceptors (Lipinski definition) is 8. The summed E-state index contributed by atoms with van der Waals surface area (Å²) in [7, 11) is -1.31. The van der Waals surface area contributed by atoms with Crippen LogP contribution in [0.1, 0.15) is 43.8 Å². The van der Waals surface area contributed by atoms with Crippen molar-refractivity contribution in [3.8, 4) is 5.75 Å². The highest BCUT2D eigenvalue weighted by Crippen LogP contribution is 2.45. The summed E-state index contributed by atoms with van der Waals surface area (Å²) in [6.45, 7) is 7.87. The van der Waals surface area contributed by atoms with Gasteiger partial charge in [-0.1, -0.05) is 184 Å². The van der Waals surface area contributed by atoms with Crippen LogP contribution in [0.2, 0.25) is 5.04 Å².